The molecule has 2 aromatic rings. The number of carbonyl (C=O) groups excluding carboxylic acids is 2. The number of amides is 2. The van der Waals surface area contributed by atoms with E-state index in [9.17, 15) is 9.59 Å². The monoisotopic (exact) mass is 435 g/mol. The van der Waals surface area contributed by atoms with Gasteiger partial charge in [0.15, 0.2) is 0 Å². The first-order valence-electron chi connectivity index (χ1n) is 11.9. The molecule has 0 radical (unpaired) electrons. The summed E-state index contributed by atoms with van der Waals surface area (Å²) >= 11 is 0. The molecule has 7 nitrogen and oxygen atoms in total. The van der Waals surface area contributed by atoms with E-state index < -0.39 is 0 Å². The fraction of sp³-hybridized carbons (Fsp3) is 0.560. The molecule has 0 unspecified atom stereocenters. The second kappa shape index (κ2) is 10.7. The van der Waals surface area contributed by atoms with Gasteiger partial charge in [-0.15, -0.1) is 0 Å². The number of nitrogens with zero attached hydrogens (tertiary/aromatic N) is 4. The molecule has 1 saturated heterocycles. The molecule has 1 aliphatic heterocycles. The average Bonchev–Trinajstić information content (AvgIpc) is 2.84. The standard InChI is InChI=1S/C25H33N5O2/c1-18-27-17-22(24(31)28-16-21-9-5-6-12-26-21)23(29-18)15-19-10-13-30(14-11-19)25(32)20-7-3-2-4-8-20/h5-6,9,12,17,19-20H,2-4,7-8,10-11,13-16H2,1H3,(H,28,31). The van der Waals surface area contributed by atoms with Crippen molar-refractivity contribution in [2.45, 2.75) is 64.8 Å². The predicted molar refractivity (Wildman–Crippen MR) is 122 cm³/mol. The Kier molecular flexibility index (Phi) is 7.45. The van der Waals surface area contributed by atoms with Crippen LogP contribution in [-0.2, 0) is 17.8 Å². The SMILES string of the molecule is Cc1ncc(C(=O)NCc2ccccn2)c(CC2CCN(C(=O)C3CCCCC3)CC2)n1. The van der Waals surface area contributed by atoms with Crippen LogP contribution in [-0.4, -0.2) is 44.8 Å². The van der Waals surface area contributed by atoms with Crippen LogP contribution in [0.2, 0.25) is 0 Å². The van der Waals surface area contributed by atoms with E-state index in [-0.39, 0.29) is 11.8 Å². The van der Waals surface area contributed by atoms with Crippen molar-refractivity contribution in [3.05, 3.63) is 53.4 Å². The van der Waals surface area contributed by atoms with Gasteiger partial charge in [0.05, 0.1) is 23.5 Å². The first-order valence-corrected chi connectivity index (χ1v) is 11.9. The summed E-state index contributed by atoms with van der Waals surface area (Å²) in [5.74, 6) is 1.51. The first-order chi connectivity index (χ1) is 15.6. The molecule has 2 fully saturated rings. The van der Waals surface area contributed by atoms with Gasteiger partial charge in [-0.05, 0) is 57.1 Å². The van der Waals surface area contributed by atoms with Crippen LogP contribution in [0.3, 0.4) is 0 Å². The van der Waals surface area contributed by atoms with Gasteiger partial charge < -0.3 is 10.2 Å². The largest absolute Gasteiger partial charge is 0.346 e. The lowest BCUT2D eigenvalue weighted by atomic mass is 9.86. The van der Waals surface area contributed by atoms with Gasteiger partial charge in [-0.1, -0.05) is 25.3 Å². The summed E-state index contributed by atoms with van der Waals surface area (Å²) in [7, 11) is 0. The summed E-state index contributed by atoms with van der Waals surface area (Å²) in [5.41, 5.74) is 2.14. The van der Waals surface area contributed by atoms with Crippen LogP contribution in [0.1, 0.15) is 72.5 Å². The van der Waals surface area contributed by atoms with Crippen LogP contribution in [0, 0.1) is 18.8 Å². The van der Waals surface area contributed by atoms with Gasteiger partial charge in [0.1, 0.15) is 5.82 Å². The topological polar surface area (TPSA) is 88.1 Å². The third kappa shape index (κ3) is 5.69. The van der Waals surface area contributed by atoms with Crippen molar-refractivity contribution in [3.8, 4) is 0 Å². The zero-order chi connectivity index (χ0) is 22.3. The van der Waals surface area contributed by atoms with Crippen LogP contribution in [0.25, 0.3) is 0 Å². The van der Waals surface area contributed by atoms with Crippen LogP contribution in [0.15, 0.2) is 30.6 Å². The quantitative estimate of drug-likeness (QED) is 0.751. The molecular formula is C25H33N5O2. The fourth-order valence-electron chi connectivity index (χ4n) is 4.87. The number of aryl methyl sites for hydroxylation is 1. The Bertz CT molecular complexity index is 919. The van der Waals surface area contributed by atoms with Crippen molar-refractivity contribution >= 4 is 11.8 Å². The molecule has 0 bridgehead atoms. The number of hydrogen-bond donors (Lipinski definition) is 1. The Labute approximate surface area is 190 Å². The van der Waals surface area contributed by atoms with E-state index in [4.69, 9.17) is 0 Å². The van der Waals surface area contributed by atoms with E-state index in [1.807, 2.05) is 25.1 Å². The van der Waals surface area contributed by atoms with E-state index >= 15 is 0 Å². The van der Waals surface area contributed by atoms with Gasteiger partial charge in [0.25, 0.3) is 5.91 Å². The average molecular weight is 436 g/mol. The molecule has 1 aliphatic carbocycles. The van der Waals surface area contributed by atoms with Crippen molar-refractivity contribution in [2.24, 2.45) is 11.8 Å². The molecule has 2 aliphatic rings. The second-order valence-electron chi connectivity index (χ2n) is 9.09. The third-order valence-corrected chi connectivity index (χ3v) is 6.75. The number of pyridine rings is 1. The molecule has 2 aromatic heterocycles. The highest BCUT2D eigenvalue weighted by Gasteiger charge is 2.30. The van der Waals surface area contributed by atoms with Crippen molar-refractivity contribution < 1.29 is 9.59 Å². The Balaban J connectivity index is 1.34. The molecule has 1 N–H and O–H groups in total. The van der Waals surface area contributed by atoms with E-state index in [0.717, 1.165) is 56.6 Å². The Morgan fingerprint density at radius 1 is 1.06 bits per heavy atom. The molecule has 32 heavy (non-hydrogen) atoms. The van der Waals surface area contributed by atoms with E-state index in [1.165, 1.54) is 19.3 Å². The molecule has 0 atom stereocenters. The van der Waals surface area contributed by atoms with Crippen LogP contribution in [0.4, 0.5) is 0 Å². The number of nitrogens with one attached hydrogen (secondary N) is 1. The van der Waals surface area contributed by atoms with Gasteiger partial charge in [-0.25, -0.2) is 9.97 Å². The summed E-state index contributed by atoms with van der Waals surface area (Å²) < 4.78 is 0. The van der Waals surface area contributed by atoms with Crippen LogP contribution >= 0.6 is 0 Å². The summed E-state index contributed by atoms with van der Waals surface area (Å²) in [6.07, 6.45) is 11.7. The minimum Gasteiger partial charge on any atom is -0.346 e. The molecule has 170 valence electrons. The molecule has 0 aromatic carbocycles. The normalized spacial score (nSPS) is 17.8. The van der Waals surface area contributed by atoms with Gasteiger partial charge >= 0.3 is 0 Å². The lowest BCUT2D eigenvalue weighted by Gasteiger charge is -2.35. The summed E-state index contributed by atoms with van der Waals surface area (Å²) in [5, 5.41) is 2.94. The van der Waals surface area contributed by atoms with E-state index in [0.29, 0.717) is 29.8 Å². The zero-order valence-electron chi connectivity index (χ0n) is 18.9. The van der Waals surface area contributed by atoms with Crippen molar-refractivity contribution in [2.75, 3.05) is 13.1 Å². The fourth-order valence-corrected chi connectivity index (χ4v) is 4.87. The third-order valence-electron chi connectivity index (χ3n) is 6.75. The van der Waals surface area contributed by atoms with Crippen LogP contribution in [0.5, 0.6) is 0 Å². The molecular weight excluding hydrogens is 402 g/mol. The Morgan fingerprint density at radius 2 is 1.84 bits per heavy atom. The lowest BCUT2D eigenvalue weighted by Crippen LogP contribution is -2.42. The molecule has 4 rings (SSSR count). The minimum atomic E-state index is -0.171. The van der Waals surface area contributed by atoms with E-state index in [1.54, 1.807) is 12.4 Å². The number of likely N-dealkylation sites (tertiary alicyclic amines) is 1. The number of rotatable bonds is 6. The second-order valence-corrected chi connectivity index (χ2v) is 9.09. The molecule has 0 spiro atoms. The highest BCUT2D eigenvalue weighted by atomic mass is 16.2. The Morgan fingerprint density at radius 3 is 2.56 bits per heavy atom. The van der Waals surface area contributed by atoms with Gasteiger partial charge in [0, 0.05) is 31.4 Å². The zero-order valence-corrected chi connectivity index (χ0v) is 18.9. The van der Waals surface area contributed by atoms with Gasteiger partial charge in [-0.2, -0.15) is 0 Å². The number of aromatic nitrogens is 3. The summed E-state index contributed by atoms with van der Waals surface area (Å²) in [4.78, 5) is 40.9. The maximum Gasteiger partial charge on any atom is 0.255 e. The van der Waals surface area contributed by atoms with Gasteiger partial charge in [-0.3, -0.25) is 14.6 Å². The number of carbonyl (C=O) groups is 2. The summed E-state index contributed by atoms with van der Waals surface area (Å²) in [6, 6.07) is 5.64. The highest BCUT2D eigenvalue weighted by molar-refractivity contribution is 5.94. The maximum atomic E-state index is 12.8. The molecule has 7 heteroatoms. The molecule has 2 amide bonds. The number of piperidine rings is 1. The molecule has 1 saturated carbocycles. The first kappa shape index (κ1) is 22.4. The maximum absolute atomic E-state index is 12.8. The molecule has 3 heterocycles. The minimum absolute atomic E-state index is 0.171. The highest BCUT2D eigenvalue weighted by Crippen LogP contribution is 2.28. The number of hydrogen-bond acceptors (Lipinski definition) is 5. The van der Waals surface area contributed by atoms with Crippen LogP contribution < -0.4 is 5.32 Å². The van der Waals surface area contributed by atoms with E-state index in [2.05, 4.69) is 25.2 Å². The Hall–Kier alpha value is -2.83. The summed E-state index contributed by atoms with van der Waals surface area (Å²) in [6.45, 7) is 3.84. The van der Waals surface area contributed by atoms with Crippen molar-refractivity contribution in [1.29, 1.82) is 0 Å². The predicted octanol–water partition coefficient (Wildman–Crippen LogP) is 3.47. The lowest BCUT2D eigenvalue weighted by molar-refractivity contribution is -0.138. The van der Waals surface area contributed by atoms with Crippen molar-refractivity contribution in [3.63, 3.8) is 0 Å². The van der Waals surface area contributed by atoms with Crippen molar-refractivity contribution in [1.82, 2.24) is 25.2 Å². The van der Waals surface area contributed by atoms with Gasteiger partial charge in [0.2, 0.25) is 5.91 Å². The smallest absolute Gasteiger partial charge is 0.255 e.